The van der Waals surface area contributed by atoms with Gasteiger partial charge in [-0.3, -0.25) is 0 Å². The van der Waals surface area contributed by atoms with Gasteiger partial charge in [-0.25, -0.2) is 0 Å². The Balaban J connectivity index is 1.98. The van der Waals surface area contributed by atoms with Crippen LogP contribution in [0.15, 0.2) is 54.6 Å². The molecule has 104 valence electrons. The summed E-state index contributed by atoms with van der Waals surface area (Å²) in [7, 11) is 0. The summed E-state index contributed by atoms with van der Waals surface area (Å²) in [6.07, 6.45) is 0. The maximum absolute atomic E-state index is 6.40. The topological polar surface area (TPSA) is 15.3 Å². The molecule has 2 aromatic rings. The molecule has 2 unspecified atom stereocenters. The van der Waals surface area contributed by atoms with Gasteiger partial charge < -0.3 is 10.2 Å². The van der Waals surface area contributed by atoms with Crippen LogP contribution in [0.1, 0.15) is 18.5 Å². The third-order valence-corrected chi connectivity index (χ3v) is 4.17. The summed E-state index contributed by atoms with van der Waals surface area (Å²) in [5, 5.41) is 4.39. The predicted octanol–water partition coefficient (Wildman–Crippen LogP) is 3.88. The van der Waals surface area contributed by atoms with Gasteiger partial charge in [-0.05, 0) is 24.6 Å². The second kappa shape index (κ2) is 5.86. The Hall–Kier alpha value is -1.51. The van der Waals surface area contributed by atoms with Gasteiger partial charge in [0.2, 0.25) is 0 Å². The average Bonchev–Trinajstić information content (AvgIpc) is 2.48. The van der Waals surface area contributed by atoms with Crippen molar-refractivity contribution in [2.45, 2.75) is 19.0 Å². The van der Waals surface area contributed by atoms with Crippen molar-refractivity contribution >= 4 is 17.3 Å². The first kappa shape index (κ1) is 13.5. The van der Waals surface area contributed by atoms with E-state index in [2.05, 4.69) is 59.6 Å². The van der Waals surface area contributed by atoms with Crippen molar-refractivity contribution in [3.8, 4) is 0 Å². The van der Waals surface area contributed by atoms with Gasteiger partial charge in [-0.2, -0.15) is 0 Å². The molecule has 2 aromatic carbocycles. The molecule has 0 spiro atoms. The minimum atomic E-state index is 0.326. The lowest BCUT2D eigenvalue weighted by atomic mass is 10.0. The molecule has 1 N–H and O–H groups in total. The molecule has 0 saturated carbocycles. The summed E-state index contributed by atoms with van der Waals surface area (Å²) in [5.41, 5.74) is 2.45. The number of rotatable bonds is 2. The Labute approximate surface area is 125 Å². The van der Waals surface area contributed by atoms with Crippen LogP contribution < -0.4 is 10.2 Å². The van der Waals surface area contributed by atoms with Crippen LogP contribution >= 0.6 is 11.6 Å². The van der Waals surface area contributed by atoms with E-state index in [0.29, 0.717) is 12.1 Å². The normalized spacial score (nSPS) is 22.8. The van der Waals surface area contributed by atoms with Gasteiger partial charge in [0.1, 0.15) is 0 Å². The maximum Gasteiger partial charge on any atom is 0.0668 e. The molecule has 0 bridgehead atoms. The number of nitrogens with zero attached hydrogens (tertiary/aromatic N) is 1. The van der Waals surface area contributed by atoms with Crippen LogP contribution in [0.25, 0.3) is 0 Å². The number of anilines is 1. The first-order valence-electron chi connectivity index (χ1n) is 7.05. The summed E-state index contributed by atoms with van der Waals surface area (Å²) < 4.78 is 0. The minimum Gasteiger partial charge on any atom is -0.360 e. The highest BCUT2D eigenvalue weighted by molar-refractivity contribution is 6.33. The monoisotopic (exact) mass is 286 g/mol. The van der Waals surface area contributed by atoms with E-state index in [0.717, 1.165) is 23.8 Å². The largest absolute Gasteiger partial charge is 0.360 e. The molecule has 1 heterocycles. The molecule has 2 nitrogen and oxygen atoms in total. The molecule has 1 saturated heterocycles. The Bertz CT molecular complexity index is 570. The molecule has 3 heteroatoms. The maximum atomic E-state index is 6.40. The van der Waals surface area contributed by atoms with Crippen LogP contribution in [-0.4, -0.2) is 19.1 Å². The average molecular weight is 287 g/mol. The lowest BCUT2D eigenvalue weighted by Gasteiger charge is -2.41. The van der Waals surface area contributed by atoms with E-state index in [-0.39, 0.29) is 0 Å². The van der Waals surface area contributed by atoms with Crippen LogP contribution in [0.5, 0.6) is 0 Å². The van der Waals surface area contributed by atoms with Crippen LogP contribution in [0.2, 0.25) is 5.02 Å². The smallest absolute Gasteiger partial charge is 0.0668 e. The van der Waals surface area contributed by atoms with Gasteiger partial charge in [0.25, 0.3) is 0 Å². The fourth-order valence-corrected chi connectivity index (χ4v) is 3.08. The van der Waals surface area contributed by atoms with Crippen molar-refractivity contribution in [1.82, 2.24) is 5.32 Å². The predicted molar refractivity (Wildman–Crippen MR) is 85.4 cm³/mol. The van der Waals surface area contributed by atoms with E-state index in [1.807, 2.05) is 12.1 Å². The second-order valence-corrected chi connectivity index (χ2v) is 5.75. The molecule has 0 aliphatic carbocycles. The highest BCUT2D eigenvalue weighted by Gasteiger charge is 2.28. The molecule has 2 atom stereocenters. The zero-order valence-corrected chi connectivity index (χ0v) is 12.3. The Kier molecular flexibility index (Phi) is 3.95. The van der Waals surface area contributed by atoms with Crippen LogP contribution in [0, 0.1) is 0 Å². The lowest BCUT2D eigenvalue weighted by molar-refractivity contribution is 0.416. The van der Waals surface area contributed by atoms with Crippen LogP contribution in [0.3, 0.4) is 0 Å². The van der Waals surface area contributed by atoms with Crippen molar-refractivity contribution in [3.63, 3.8) is 0 Å². The lowest BCUT2D eigenvalue weighted by Crippen LogP contribution is -2.51. The second-order valence-electron chi connectivity index (χ2n) is 5.34. The summed E-state index contributed by atoms with van der Waals surface area (Å²) in [4.78, 5) is 2.42. The van der Waals surface area contributed by atoms with Gasteiger partial charge >= 0.3 is 0 Å². The Morgan fingerprint density at radius 3 is 2.50 bits per heavy atom. The fraction of sp³-hybridized carbons (Fsp3) is 0.294. The van der Waals surface area contributed by atoms with Crippen molar-refractivity contribution in [2.24, 2.45) is 0 Å². The number of piperazine rings is 1. The third-order valence-electron chi connectivity index (χ3n) is 3.85. The number of hydrogen-bond donors (Lipinski definition) is 1. The molecule has 1 aliphatic heterocycles. The zero-order valence-electron chi connectivity index (χ0n) is 11.6. The molecule has 0 radical (unpaired) electrons. The van der Waals surface area contributed by atoms with Crippen LogP contribution in [-0.2, 0) is 0 Å². The highest BCUT2D eigenvalue weighted by atomic mass is 35.5. The van der Waals surface area contributed by atoms with Gasteiger partial charge in [-0.15, -0.1) is 0 Å². The molecule has 20 heavy (non-hydrogen) atoms. The van der Waals surface area contributed by atoms with Gasteiger partial charge in [0, 0.05) is 19.1 Å². The van der Waals surface area contributed by atoms with E-state index >= 15 is 0 Å². The van der Waals surface area contributed by atoms with E-state index in [1.165, 1.54) is 5.56 Å². The number of benzene rings is 2. The van der Waals surface area contributed by atoms with Gasteiger partial charge in [0.15, 0.2) is 0 Å². The third kappa shape index (κ3) is 2.67. The van der Waals surface area contributed by atoms with Crippen molar-refractivity contribution in [2.75, 3.05) is 18.0 Å². The van der Waals surface area contributed by atoms with Crippen LogP contribution in [0.4, 0.5) is 5.69 Å². The molecule has 0 aromatic heterocycles. The Morgan fingerprint density at radius 2 is 1.75 bits per heavy atom. The summed E-state index contributed by atoms with van der Waals surface area (Å²) in [6.45, 7) is 4.12. The zero-order chi connectivity index (χ0) is 13.9. The number of para-hydroxylation sites is 1. The van der Waals surface area contributed by atoms with E-state index < -0.39 is 0 Å². The molecule has 1 aliphatic rings. The Morgan fingerprint density at radius 1 is 1.05 bits per heavy atom. The summed E-state index contributed by atoms with van der Waals surface area (Å²) >= 11 is 6.40. The quantitative estimate of drug-likeness (QED) is 0.901. The van der Waals surface area contributed by atoms with E-state index in [9.17, 15) is 0 Å². The molecular formula is C17H19ClN2. The first-order valence-corrected chi connectivity index (χ1v) is 7.43. The van der Waals surface area contributed by atoms with Gasteiger partial charge in [0.05, 0.1) is 16.8 Å². The van der Waals surface area contributed by atoms with Crippen molar-refractivity contribution in [3.05, 3.63) is 65.2 Å². The standard InChI is InChI=1S/C17H19ClN2/c1-13-12-20(16-10-6-5-9-15(16)18)17(11-19-13)14-7-3-2-4-8-14/h2-10,13,17,19H,11-12H2,1H3. The highest BCUT2D eigenvalue weighted by Crippen LogP contribution is 2.34. The number of halogens is 1. The SMILES string of the molecule is CC1CN(c2ccccc2Cl)C(c2ccccc2)CN1. The molecular weight excluding hydrogens is 268 g/mol. The van der Waals surface area contributed by atoms with Gasteiger partial charge in [-0.1, -0.05) is 54.1 Å². The number of hydrogen-bond acceptors (Lipinski definition) is 2. The number of nitrogens with one attached hydrogen (secondary N) is 1. The van der Waals surface area contributed by atoms with Crippen molar-refractivity contribution < 1.29 is 0 Å². The van der Waals surface area contributed by atoms with E-state index in [1.54, 1.807) is 0 Å². The summed E-state index contributed by atoms with van der Waals surface area (Å²) in [6, 6.07) is 19.5. The first-order chi connectivity index (χ1) is 9.75. The van der Waals surface area contributed by atoms with E-state index in [4.69, 9.17) is 11.6 Å². The van der Waals surface area contributed by atoms with Crippen molar-refractivity contribution in [1.29, 1.82) is 0 Å². The summed E-state index contributed by atoms with van der Waals surface area (Å²) in [5.74, 6) is 0. The minimum absolute atomic E-state index is 0.326. The fourth-order valence-electron chi connectivity index (χ4n) is 2.83. The molecule has 0 amide bonds. The molecule has 3 rings (SSSR count). The molecule has 1 fully saturated rings.